The number of urea groups is 1. The Bertz CT molecular complexity index is 1210. The van der Waals surface area contributed by atoms with E-state index in [1.165, 1.54) is 23.5 Å². The number of aryl methyl sites for hydroxylation is 1. The van der Waals surface area contributed by atoms with Crippen molar-refractivity contribution in [3.8, 4) is 0 Å². The Morgan fingerprint density at radius 3 is 2.67 bits per heavy atom. The molecule has 5 rings (SSSR count). The second-order valence-corrected chi connectivity index (χ2v) is 9.28. The molecule has 8 heteroatoms. The zero-order valence-corrected chi connectivity index (χ0v) is 18.5. The molecule has 1 fully saturated rings. The van der Waals surface area contributed by atoms with Crippen LogP contribution in [0, 0.1) is 5.82 Å². The van der Waals surface area contributed by atoms with Crippen LogP contribution in [0.3, 0.4) is 0 Å². The van der Waals surface area contributed by atoms with E-state index in [2.05, 4.69) is 10.6 Å². The van der Waals surface area contributed by atoms with Gasteiger partial charge in [-0.15, -0.1) is 11.3 Å². The van der Waals surface area contributed by atoms with Gasteiger partial charge >= 0.3 is 6.03 Å². The minimum atomic E-state index is -1.11. The summed E-state index contributed by atoms with van der Waals surface area (Å²) < 4.78 is 13.4. The molecule has 0 radical (unpaired) electrons. The van der Waals surface area contributed by atoms with Gasteiger partial charge in [-0.05, 0) is 59.5 Å². The Kier molecular flexibility index (Phi) is 5.46. The lowest BCUT2D eigenvalue weighted by Crippen LogP contribution is -2.47. The van der Waals surface area contributed by atoms with Crippen LogP contribution in [-0.4, -0.2) is 29.3 Å². The minimum absolute atomic E-state index is 0.368. The molecule has 33 heavy (non-hydrogen) atoms. The number of imide groups is 1. The van der Waals surface area contributed by atoms with E-state index >= 15 is 0 Å². The Balaban J connectivity index is 1.37. The van der Waals surface area contributed by atoms with Crippen molar-refractivity contribution in [3.05, 3.63) is 93.4 Å². The predicted molar refractivity (Wildman–Crippen MR) is 122 cm³/mol. The first-order valence-electron chi connectivity index (χ1n) is 10.8. The van der Waals surface area contributed by atoms with Crippen molar-refractivity contribution >= 4 is 29.2 Å². The number of hydrogen-bond acceptors (Lipinski definition) is 4. The molecule has 1 aliphatic heterocycles. The third-order valence-corrected chi connectivity index (χ3v) is 7.23. The summed E-state index contributed by atoms with van der Waals surface area (Å²) in [5, 5.41) is 7.66. The van der Waals surface area contributed by atoms with Gasteiger partial charge in [-0.25, -0.2) is 9.18 Å². The topological polar surface area (TPSA) is 78.5 Å². The van der Waals surface area contributed by atoms with E-state index in [1.54, 1.807) is 12.1 Å². The highest BCUT2D eigenvalue weighted by Crippen LogP contribution is 2.39. The molecule has 2 heterocycles. The number of benzene rings is 2. The highest BCUT2D eigenvalue weighted by atomic mass is 32.1. The van der Waals surface area contributed by atoms with Crippen molar-refractivity contribution in [2.45, 2.75) is 30.8 Å². The molecule has 2 aromatic carbocycles. The smallest absolute Gasteiger partial charge is 0.325 e. The van der Waals surface area contributed by atoms with Crippen LogP contribution < -0.4 is 10.6 Å². The molecule has 2 N–H and O–H groups in total. The average molecular weight is 464 g/mol. The Hall–Kier alpha value is -3.52. The molecule has 1 aliphatic carbocycles. The number of rotatable bonds is 5. The minimum Gasteiger partial charge on any atom is -0.343 e. The Morgan fingerprint density at radius 1 is 1.12 bits per heavy atom. The molecule has 6 nitrogen and oxygen atoms in total. The molecule has 1 spiro atoms. The summed E-state index contributed by atoms with van der Waals surface area (Å²) >= 11 is 1.46. The summed E-state index contributed by atoms with van der Waals surface area (Å²) in [5.74, 6) is -1.24. The van der Waals surface area contributed by atoms with Gasteiger partial charge in [-0.2, -0.15) is 0 Å². The number of carbonyl (C=O) groups is 3. The highest BCUT2D eigenvalue weighted by molar-refractivity contribution is 7.10. The summed E-state index contributed by atoms with van der Waals surface area (Å²) in [5.41, 5.74) is 1.44. The fraction of sp³-hybridized carbons (Fsp3) is 0.240. The van der Waals surface area contributed by atoms with Gasteiger partial charge in [0.2, 0.25) is 5.91 Å². The van der Waals surface area contributed by atoms with Gasteiger partial charge < -0.3 is 10.6 Å². The number of nitrogens with zero attached hydrogens (tertiary/aromatic N) is 1. The van der Waals surface area contributed by atoms with Gasteiger partial charge in [0.05, 0.1) is 6.04 Å². The van der Waals surface area contributed by atoms with Crippen LogP contribution in [0.5, 0.6) is 0 Å². The Labute approximate surface area is 194 Å². The maximum absolute atomic E-state index is 13.4. The molecule has 168 valence electrons. The number of fused-ring (bicyclic) bond motifs is 2. The van der Waals surface area contributed by atoms with Gasteiger partial charge in [0.1, 0.15) is 17.9 Å². The zero-order chi connectivity index (χ0) is 23.0. The predicted octanol–water partition coefficient (Wildman–Crippen LogP) is 3.88. The second kappa shape index (κ2) is 8.44. The number of thiophene rings is 1. The van der Waals surface area contributed by atoms with Gasteiger partial charge in [-0.3, -0.25) is 14.5 Å². The van der Waals surface area contributed by atoms with Crippen LogP contribution in [0.1, 0.15) is 40.5 Å². The fourth-order valence-electron chi connectivity index (χ4n) is 4.73. The molecule has 4 amide bonds. The lowest BCUT2D eigenvalue weighted by molar-refractivity contribution is -0.135. The molecule has 1 aromatic heterocycles. The molecule has 2 aliphatic rings. The molecule has 2 unspecified atom stereocenters. The molecule has 1 saturated heterocycles. The molecule has 2 atom stereocenters. The van der Waals surface area contributed by atoms with Crippen LogP contribution in [0.25, 0.3) is 0 Å². The molecular formula is C25H22FN3O3S. The quantitative estimate of drug-likeness (QED) is 0.564. The van der Waals surface area contributed by atoms with E-state index in [9.17, 15) is 18.8 Å². The summed E-state index contributed by atoms with van der Waals surface area (Å²) in [4.78, 5) is 41.1. The monoisotopic (exact) mass is 463 g/mol. The summed E-state index contributed by atoms with van der Waals surface area (Å²) in [6.45, 7) is -0.391. The van der Waals surface area contributed by atoms with Gasteiger partial charge in [-0.1, -0.05) is 42.5 Å². The van der Waals surface area contributed by atoms with E-state index in [0.717, 1.165) is 33.7 Å². The molecule has 3 aromatic rings. The SMILES string of the molecule is O=C(CN1C(=O)NC2(CCCc3ccccc32)C1=O)NC(c1ccc(F)cc1)c1cccs1. The van der Waals surface area contributed by atoms with Crippen molar-refractivity contribution in [3.63, 3.8) is 0 Å². The lowest BCUT2D eigenvalue weighted by Gasteiger charge is -2.33. The number of amides is 4. The average Bonchev–Trinajstić information content (AvgIpc) is 3.43. The Morgan fingerprint density at radius 2 is 1.91 bits per heavy atom. The number of hydrogen-bond donors (Lipinski definition) is 2. The summed E-state index contributed by atoms with van der Waals surface area (Å²) in [6.07, 6.45) is 2.12. The molecule has 0 saturated carbocycles. The van der Waals surface area contributed by atoms with Crippen molar-refractivity contribution in [1.82, 2.24) is 15.5 Å². The largest absolute Gasteiger partial charge is 0.343 e. The molecule has 0 bridgehead atoms. The third-order valence-electron chi connectivity index (χ3n) is 6.29. The van der Waals surface area contributed by atoms with E-state index < -0.39 is 36.0 Å². The highest BCUT2D eigenvalue weighted by Gasteiger charge is 2.54. The van der Waals surface area contributed by atoms with Crippen LogP contribution >= 0.6 is 11.3 Å². The summed E-state index contributed by atoms with van der Waals surface area (Å²) in [6, 6.07) is 16.2. The molecular weight excluding hydrogens is 441 g/mol. The van der Waals surface area contributed by atoms with E-state index in [1.807, 2.05) is 41.8 Å². The van der Waals surface area contributed by atoms with E-state index in [-0.39, 0.29) is 5.82 Å². The lowest BCUT2D eigenvalue weighted by atomic mass is 9.76. The van der Waals surface area contributed by atoms with Crippen molar-refractivity contribution < 1.29 is 18.8 Å². The van der Waals surface area contributed by atoms with Crippen LogP contribution in [0.4, 0.5) is 9.18 Å². The van der Waals surface area contributed by atoms with E-state index in [4.69, 9.17) is 0 Å². The van der Waals surface area contributed by atoms with Gasteiger partial charge in [0, 0.05) is 4.88 Å². The first-order valence-corrected chi connectivity index (χ1v) is 11.7. The van der Waals surface area contributed by atoms with Crippen molar-refractivity contribution in [1.29, 1.82) is 0 Å². The fourth-order valence-corrected chi connectivity index (χ4v) is 5.54. The zero-order valence-electron chi connectivity index (χ0n) is 17.7. The second-order valence-electron chi connectivity index (χ2n) is 8.30. The standard InChI is InChI=1S/C25H22FN3O3S/c26-18-11-9-17(10-12-18)22(20-8-4-14-33-20)27-21(30)15-29-23(31)25(28-24(29)32)13-3-6-16-5-1-2-7-19(16)25/h1-2,4-5,7-12,14,22H,3,6,13,15H2,(H,27,30)(H,28,32). The van der Waals surface area contributed by atoms with Gasteiger partial charge in [0.25, 0.3) is 5.91 Å². The first-order chi connectivity index (χ1) is 16.0. The summed E-state index contributed by atoms with van der Waals surface area (Å²) in [7, 11) is 0. The van der Waals surface area contributed by atoms with Crippen molar-refractivity contribution in [2.24, 2.45) is 0 Å². The maximum Gasteiger partial charge on any atom is 0.325 e. The van der Waals surface area contributed by atoms with E-state index in [0.29, 0.717) is 12.0 Å². The van der Waals surface area contributed by atoms with Crippen molar-refractivity contribution in [2.75, 3.05) is 6.54 Å². The van der Waals surface area contributed by atoms with Crippen LogP contribution in [0.15, 0.2) is 66.0 Å². The van der Waals surface area contributed by atoms with Crippen LogP contribution in [-0.2, 0) is 21.5 Å². The maximum atomic E-state index is 13.4. The van der Waals surface area contributed by atoms with Gasteiger partial charge in [0.15, 0.2) is 0 Å². The number of carbonyl (C=O) groups excluding carboxylic acids is 3. The number of nitrogens with one attached hydrogen (secondary N) is 2. The van der Waals surface area contributed by atoms with Crippen LogP contribution in [0.2, 0.25) is 0 Å². The third kappa shape index (κ3) is 3.80. The first kappa shape index (κ1) is 21.3. The normalized spacial score (nSPS) is 20.5. The number of halogens is 1.